The van der Waals surface area contributed by atoms with Gasteiger partial charge >= 0.3 is 5.97 Å². The molecule has 4 nitrogen and oxygen atoms in total. The predicted octanol–water partition coefficient (Wildman–Crippen LogP) is 1.88. The van der Waals surface area contributed by atoms with Gasteiger partial charge in [-0.25, -0.2) is 4.79 Å². The van der Waals surface area contributed by atoms with Gasteiger partial charge in [0.25, 0.3) is 0 Å². The van der Waals surface area contributed by atoms with Gasteiger partial charge in [0.1, 0.15) is 6.10 Å². The van der Waals surface area contributed by atoms with Crippen LogP contribution in [0.5, 0.6) is 0 Å². The molecule has 2 unspecified atom stereocenters. The van der Waals surface area contributed by atoms with Crippen molar-refractivity contribution in [2.24, 2.45) is 5.92 Å². The second-order valence-electron chi connectivity index (χ2n) is 4.39. The van der Waals surface area contributed by atoms with Gasteiger partial charge in [0.15, 0.2) is 5.78 Å². The number of aliphatic hydroxyl groups excluding tert-OH is 1. The molecule has 0 saturated carbocycles. The number of carboxylic acid groups (broad SMARTS) is 1. The highest BCUT2D eigenvalue weighted by Gasteiger charge is 2.26. The first-order valence-electron chi connectivity index (χ1n) is 5.98. The summed E-state index contributed by atoms with van der Waals surface area (Å²) in [6, 6.07) is 8.62. The van der Waals surface area contributed by atoms with E-state index >= 15 is 0 Å². The molecular weight excluding hydrogens is 244 g/mol. The smallest absolute Gasteiger partial charge is 0.335 e. The third-order valence-electron chi connectivity index (χ3n) is 3.07. The van der Waals surface area contributed by atoms with Gasteiger partial charge in [0, 0.05) is 5.92 Å². The minimum atomic E-state index is -1.22. The van der Waals surface area contributed by atoms with Gasteiger partial charge in [-0.05, 0) is 12.0 Å². The topological polar surface area (TPSA) is 74.6 Å². The first kappa shape index (κ1) is 13.2. The summed E-state index contributed by atoms with van der Waals surface area (Å²) in [6.45, 7) is 0. The van der Waals surface area contributed by atoms with E-state index < -0.39 is 18.0 Å². The normalized spacial score (nSPS) is 19.6. The average Bonchev–Trinajstić information content (AvgIpc) is 2.46. The lowest BCUT2D eigenvalue weighted by Gasteiger charge is -2.18. The number of allylic oxidation sites excluding steroid dienone is 2. The number of carbonyl (C=O) groups is 2. The van der Waals surface area contributed by atoms with E-state index in [1.807, 2.05) is 0 Å². The number of rotatable bonds is 4. The molecule has 0 heterocycles. The minimum Gasteiger partial charge on any atom is -0.478 e. The van der Waals surface area contributed by atoms with Crippen LogP contribution in [0.15, 0.2) is 54.1 Å². The maximum absolute atomic E-state index is 12.1. The molecule has 0 radical (unpaired) electrons. The Morgan fingerprint density at radius 1 is 1.21 bits per heavy atom. The standard InChI is InChI=1S/C15H14O4/c16-13(10-5-2-1-3-6-10)14(17)11-7-4-8-12(9-11)15(18)19/h1-6,8-9,11,13,16H,7H2,(H,18,19). The summed E-state index contributed by atoms with van der Waals surface area (Å²) in [5.41, 5.74) is 0.609. The molecule has 0 aromatic heterocycles. The molecule has 1 aromatic rings. The molecule has 0 fully saturated rings. The number of aliphatic carboxylic acids is 1. The van der Waals surface area contributed by atoms with Crippen molar-refractivity contribution in [2.75, 3.05) is 0 Å². The molecule has 98 valence electrons. The third-order valence-corrected chi connectivity index (χ3v) is 3.07. The Morgan fingerprint density at radius 3 is 2.53 bits per heavy atom. The highest BCUT2D eigenvalue weighted by atomic mass is 16.4. The largest absolute Gasteiger partial charge is 0.478 e. The number of hydrogen-bond donors (Lipinski definition) is 2. The van der Waals surface area contributed by atoms with Crippen LogP contribution in [0, 0.1) is 5.92 Å². The van der Waals surface area contributed by atoms with Crippen molar-refractivity contribution >= 4 is 11.8 Å². The van der Waals surface area contributed by atoms with Gasteiger partial charge in [0.05, 0.1) is 5.57 Å². The number of Topliss-reactive ketones (excluding diaryl/α,β-unsaturated/α-hetero) is 1. The van der Waals surface area contributed by atoms with Crippen LogP contribution >= 0.6 is 0 Å². The lowest BCUT2D eigenvalue weighted by molar-refractivity contribution is -0.132. The van der Waals surface area contributed by atoms with Crippen molar-refractivity contribution < 1.29 is 19.8 Å². The Balaban J connectivity index is 2.17. The van der Waals surface area contributed by atoms with Gasteiger partial charge in [-0.2, -0.15) is 0 Å². The summed E-state index contributed by atoms with van der Waals surface area (Å²) in [4.78, 5) is 23.0. The van der Waals surface area contributed by atoms with Crippen molar-refractivity contribution in [1.82, 2.24) is 0 Å². The molecule has 19 heavy (non-hydrogen) atoms. The lowest BCUT2D eigenvalue weighted by Crippen LogP contribution is -2.22. The summed E-state index contributed by atoms with van der Waals surface area (Å²) in [5, 5.41) is 18.9. The number of carbonyl (C=O) groups excluding carboxylic acids is 1. The molecule has 0 aliphatic heterocycles. The Labute approximate surface area is 110 Å². The lowest BCUT2D eigenvalue weighted by atomic mass is 9.88. The highest BCUT2D eigenvalue weighted by molar-refractivity contribution is 5.94. The van der Waals surface area contributed by atoms with Gasteiger partial charge < -0.3 is 10.2 Å². The molecule has 0 amide bonds. The van der Waals surface area contributed by atoms with E-state index in [0.717, 1.165) is 0 Å². The fraction of sp³-hybridized carbons (Fsp3) is 0.200. The zero-order valence-electron chi connectivity index (χ0n) is 10.2. The van der Waals surface area contributed by atoms with E-state index in [1.165, 1.54) is 12.2 Å². The summed E-state index contributed by atoms with van der Waals surface area (Å²) in [5.74, 6) is -2.04. The number of carboxylic acids is 1. The predicted molar refractivity (Wildman–Crippen MR) is 69.4 cm³/mol. The minimum absolute atomic E-state index is 0.0878. The second kappa shape index (κ2) is 5.63. The first-order valence-corrected chi connectivity index (χ1v) is 5.98. The van der Waals surface area contributed by atoms with Crippen molar-refractivity contribution in [3.05, 3.63) is 59.7 Å². The van der Waals surface area contributed by atoms with Gasteiger partial charge in [-0.3, -0.25) is 4.79 Å². The fourth-order valence-electron chi connectivity index (χ4n) is 2.03. The molecule has 2 N–H and O–H groups in total. The molecule has 1 aromatic carbocycles. The zero-order chi connectivity index (χ0) is 13.8. The Bertz CT molecular complexity index is 543. The van der Waals surface area contributed by atoms with Crippen LogP contribution in [0.1, 0.15) is 18.1 Å². The second-order valence-corrected chi connectivity index (χ2v) is 4.39. The van der Waals surface area contributed by atoms with E-state index in [-0.39, 0.29) is 11.4 Å². The Hall–Kier alpha value is -2.20. The number of aliphatic hydroxyl groups is 1. The SMILES string of the molecule is O=C(O)C1=CC(C(=O)C(O)c2ccccc2)CC=C1. The summed E-state index contributed by atoms with van der Waals surface area (Å²) < 4.78 is 0. The maximum Gasteiger partial charge on any atom is 0.335 e. The molecule has 4 heteroatoms. The molecule has 1 aliphatic rings. The van der Waals surface area contributed by atoms with E-state index in [0.29, 0.717) is 12.0 Å². The van der Waals surface area contributed by atoms with Gasteiger partial charge in [-0.15, -0.1) is 0 Å². The fourth-order valence-corrected chi connectivity index (χ4v) is 2.03. The number of benzene rings is 1. The molecule has 0 spiro atoms. The summed E-state index contributed by atoms with van der Waals surface area (Å²) in [7, 11) is 0. The summed E-state index contributed by atoms with van der Waals surface area (Å²) >= 11 is 0. The van der Waals surface area contributed by atoms with E-state index in [4.69, 9.17) is 5.11 Å². The van der Waals surface area contributed by atoms with Crippen LogP contribution < -0.4 is 0 Å². The molecule has 0 saturated heterocycles. The van der Waals surface area contributed by atoms with Crippen LogP contribution in [0.2, 0.25) is 0 Å². The van der Waals surface area contributed by atoms with E-state index in [2.05, 4.69) is 0 Å². The van der Waals surface area contributed by atoms with Crippen molar-refractivity contribution in [2.45, 2.75) is 12.5 Å². The highest BCUT2D eigenvalue weighted by Crippen LogP contribution is 2.24. The third kappa shape index (κ3) is 2.98. The van der Waals surface area contributed by atoms with E-state index in [9.17, 15) is 14.7 Å². The molecule has 2 rings (SSSR count). The van der Waals surface area contributed by atoms with Gasteiger partial charge in [0.2, 0.25) is 0 Å². The van der Waals surface area contributed by atoms with Crippen LogP contribution in [-0.4, -0.2) is 22.0 Å². The van der Waals surface area contributed by atoms with Crippen molar-refractivity contribution in [3.63, 3.8) is 0 Å². The zero-order valence-corrected chi connectivity index (χ0v) is 10.2. The first-order chi connectivity index (χ1) is 9.09. The molecule has 0 bridgehead atoms. The van der Waals surface area contributed by atoms with Crippen LogP contribution in [0.25, 0.3) is 0 Å². The van der Waals surface area contributed by atoms with Gasteiger partial charge in [-0.1, -0.05) is 48.6 Å². The Morgan fingerprint density at radius 2 is 1.89 bits per heavy atom. The average molecular weight is 258 g/mol. The van der Waals surface area contributed by atoms with E-state index in [1.54, 1.807) is 36.4 Å². The maximum atomic E-state index is 12.1. The van der Waals surface area contributed by atoms with Crippen molar-refractivity contribution in [1.29, 1.82) is 0 Å². The van der Waals surface area contributed by atoms with Crippen LogP contribution in [0.4, 0.5) is 0 Å². The van der Waals surface area contributed by atoms with Crippen LogP contribution in [-0.2, 0) is 9.59 Å². The Kier molecular flexibility index (Phi) is 3.92. The molecule has 1 aliphatic carbocycles. The number of ketones is 1. The molecular formula is C15H14O4. The molecule has 2 atom stereocenters. The quantitative estimate of drug-likeness (QED) is 0.864. The summed E-state index contributed by atoms with van der Waals surface area (Å²) in [6.07, 6.45) is 3.71. The van der Waals surface area contributed by atoms with Crippen molar-refractivity contribution in [3.8, 4) is 0 Å². The van der Waals surface area contributed by atoms with Crippen LogP contribution in [0.3, 0.4) is 0 Å². The monoisotopic (exact) mass is 258 g/mol. The number of hydrogen-bond acceptors (Lipinski definition) is 3.